The van der Waals surface area contributed by atoms with Crippen LogP contribution in [-0.2, 0) is 11.2 Å². The number of hydrogen-bond acceptors (Lipinski definition) is 3. The van der Waals surface area contributed by atoms with Crippen molar-refractivity contribution in [2.75, 3.05) is 6.54 Å². The van der Waals surface area contributed by atoms with Crippen LogP contribution in [0, 0.1) is 0 Å². The molecule has 0 spiro atoms. The van der Waals surface area contributed by atoms with Gasteiger partial charge in [-0.15, -0.1) is 0 Å². The van der Waals surface area contributed by atoms with Gasteiger partial charge in [-0.25, -0.2) is 4.79 Å². The zero-order valence-electron chi connectivity index (χ0n) is 10.7. The van der Waals surface area contributed by atoms with Crippen LogP contribution in [0.25, 0.3) is 0 Å². The lowest BCUT2D eigenvalue weighted by Crippen LogP contribution is -2.43. The van der Waals surface area contributed by atoms with Crippen LogP contribution >= 0.6 is 0 Å². The lowest BCUT2D eigenvalue weighted by Gasteiger charge is -2.34. The second-order valence-electron chi connectivity index (χ2n) is 4.70. The molecule has 2 heterocycles. The fraction of sp³-hybridized carbons (Fsp3) is 0.200. The third kappa shape index (κ3) is 1.97. The summed E-state index contributed by atoms with van der Waals surface area (Å²) in [7, 11) is 0. The Bertz CT molecular complexity index is 648. The SMILES string of the molecule is O=C(O)C1c2ccccc2CCN1C(=O)c1ccoc1. The Morgan fingerprint density at radius 2 is 2.05 bits per heavy atom. The molecule has 5 nitrogen and oxygen atoms in total. The van der Waals surface area contributed by atoms with Gasteiger partial charge in [0.15, 0.2) is 6.04 Å². The molecule has 0 fully saturated rings. The van der Waals surface area contributed by atoms with Gasteiger partial charge >= 0.3 is 5.97 Å². The Morgan fingerprint density at radius 1 is 1.25 bits per heavy atom. The molecule has 1 unspecified atom stereocenters. The van der Waals surface area contributed by atoms with Crippen molar-refractivity contribution in [2.24, 2.45) is 0 Å². The van der Waals surface area contributed by atoms with Gasteiger partial charge in [0.1, 0.15) is 6.26 Å². The fourth-order valence-electron chi connectivity index (χ4n) is 2.60. The number of carbonyl (C=O) groups excluding carboxylic acids is 1. The maximum Gasteiger partial charge on any atom is 0.331 e. The van der Waals surface area contributed by atoms with E-state index in [1.807, 2.05) is 12.1 Å². The van der Waals surface area contributed by atoms with Gasteiger partial charge in [0, 0.05) is 6.54 Å². The van der Waals surface area contributed by atoms with Gasteiger partial charge in [-0.1, -0.05) is 24.3 Å². The van der Waals surface area contributed by atoms with E-state index < -0.39 is 12.0 Å². The van der Waals surface area contributed by atoms with Crippen molar-refractivity contribution in [3.05, 3.63) is 59.5 Å². The van der Waals surface area contributed by atoms with Gasteiger partial charge < -0.3 is 14.4 Å². The maximum absolute atomic E-state index is 12.4. The van der Waals surface area contributed by atoms with Crippen LogP contribution in [0.5, 0.6) is 0 Å². The lowest BCUT2D eigenvalue weighted by atomic mass is 9.92. The first-order valence-electron chi connectivity index (χ1n) is 6.32. The van der Waals surface area contributed by atoms with Gasteiger partial charge in [-0.3, -0.25) is 4.79 Å². The third-order valence-corrected chi connectivity index (χ3v) is 3.55. The average Bonchev–Trinajstić information content (AvgIpc) is 2.99. The summed E-state index contributed by atoms with van der Waals surface area (Å²) in [6.07, 6.45) is 3.40. The zero-order valence-corrected chi connectivity index (χ0v) is 10.7. The molecule has 0 bridgehead atoms. The van der Waals surface area contributed by atoms with Crippen LogP contribution in [0.1, 0.15) is 27.5 Å². The molecule has 1 aromatic carbocycles. The number of carbonyl (C=O) groups is 2. The highest BCUT2D eigenvalue weighted by Gasteiger charge is 2.36. The van der Waals surface area contributed by atoms with Crippen LogP contribution in [0.2, 0.25) is 0 Å². The molecule has 1 atom stereocenters. The minimum Gasteiger partial charge on any atom is -0.479 e. The molecular weight excluding hydrogens is 258 g/mol. The van der Waals surface area contributed by atoms with Crippen LogP contribution in [0.3, 0.4) is 0 Å². The van der Waals surface area contributed by atoms with Gasteiger partial charge in [0.25, 0.3) is 5.91 Å². The van der Waals surface area contributed by atoms with Crippen molar-refractivity contribution < 1.29 is 19.1 Å². The van der Waals surface area contributed by atoms with Crippen molar-refractivity contribution in [2.45, 2.75) is 12.5 Å². The molecule has 5 heteroatoms. The van der Waals surface area contributed by atoms with Crippen LogP contribution in [-0.4, -0.2) is 28.4 Å². The summed E-state index contributed by atoms with van der Waals surface area (Å²) in [6, 6.07) is 7.95. The fourth-order valence-corrected chi connectivity index (χ4v) is 2.60. The molecule has 1 amide bonds. The Labute approximate surface area is 115 Å². The molecular formula is C15H13NO4. The predicted octanol–water partition coefficient (Wildman–Crippen LogP) is 2.10. The summed E-state index contributed by atoms with van der Waals surface area (Å²) in [5.74, 6) is -1.34. The van der Waals surface area contributed by atoms with E-state index in [9.17, 15) is 14.7 Å². The maximum atomic E-state index is 12.4. The summed E-state index contributed by atoms with van der Waals surface area (Å²) in [4.78, 5) is 25.4. The summed E-state index contributed by atoms with van der Waals surface area (Å²) < 4.78 is 4.90. The number of fused-ring (bicyclic) bond motifs is 1. The van der Waals surface area contributed by atoms with Crippen molar-refractivity contribution in [3.8, 4) is 0 Å². The van der Waals surface area contributed by atoms with Gasteiger partial charge in [-0.2, -0.15) is 0 Å². The molecule has 1 N–H and O–H groups in total. The Hall–Kier alpha value is -2.56. The molecule has 2 aromatic rings. The molecule has 3 rings (SSSR count). The highest BCUT2D eigenvalue weighted by molar-refractivity contribution is 5.97. The number of amides is 1. The summed E-state index contributed by atoms with van der Waals surface area (Å²) >= 11 is 0. The monoisotopic (exact) mass is 271 g/mol. The normalized spacial score (nSPS) is 17.6. The van der Waals surface area contributed by atoms with Crippen molar-refractivity contribution >= 4 is 11.9 Å². The second-order valence-corrected chi connectivity index (χ2v) is 4.70. The minimum absolute atomic E-state index is 0.319. The van der Waals surface area contributed by atoms with E-state index in [-0.39, 0.29) is 5.91 Å². The average molecular weight is 271 g/mol. The van der Waals surface area contributed by atoms with Gasteiger partial charge in [0.2, 0.25) is 0 Å². The summed E-state index contributed by atoms with van der Waals surface area (Å²) in [5, 5.41) is 9.48. The smallest absolute Gasteiger partial charge is 0.331 e. The number of hydrogen-bond donors (Lipinski definition) is 1. The number of benzene rings is 1. The van der Waals surface area contributed by atoms with E-state index in [0.717, 1.165) is 5.56 Å². The summed E-state index contributed by atoms with van der Waals surface area (Å²) in [6.45, 7) is 0.387. The van der Waals surface area contributed by atoms with E-state index in [2.05, 4.69) is 0 Å². The molecule has 0 saturated carbocycles. The predicted molar refractivity (Wildman–Crippen MR) is 70.3 cm³/mol. The number of aliphatic carboxylic acids is 1. The first kappa shape index (κ1) is 12.5. The number of carboxylic acids is 1. The van der Waals surface area contributed by atoms with E-state index in [0.29, 0.717) is 24.1 Å². The standard InChI is InChI=1S/C15H13NO4/c17-14(11-6-8-20-9-11)16-7-5-10-3-1-2-4-12(10)13(16)15(18)19/h1-4,6,8-9,13H,5,7H2,(H,18,19). The largest absolute Gasteiger partial charge is 0.479 e. The molecule has 1 aliphatic rings. The first-order chi connectivity index (χ1) is 9.68. The highest BCUT2D eigenvalue weighted by Crippen LogP contribution is 2.31. The Morgan fingerprint density at radius 3 is 2.75 bits per heavy atom. The molecule has 1 aromatic heterocycles. The van der Waals surface area contributed by atoms with E-state index in [1.165, 1.54) is 17.4 Å². The highest BCUT2D eigenvalue weighted by atomic mass is 16.4. The number of furan rings is 1. The van der Waals surface area contributed by atoms with Crippen LogP contribution in [0.15, 0.2) is 47.3 Å². The first-order valence-corrected chi connectivity index (χ1v) is 6.32. The van der Waals surface area contributed by atoms with Crippen molar-refractivity contribution in [1.82, 2.24) is 4.90 Å². The van der Waals surface area contributed by atoms with E-state index >= 15 is 0 Å². The summed E-state index contributed by atoms with van der Waals surface area (Å²) in [5.41, 5.74) is 2.04. The lowest BCUT2D eigenvalue weighted by molar-refractivity contribution is -0.143. The number of carboxylic acid groups (broad SMARTS) is 1. The van der Waals surface area contributed by atoms with Crippen molar-refractivity contribution in [3.63, 3.8) is 0 Å². The molecule has 0 radical (unpaired) electrons. The molecule has 0 aliphatic carbocycles. The minimum atomic E-state index is -1.02. The number of rotatable bonds is 2. The quantitative estimate of drug-likeness (QED) is 0.908. The number of nitrogens with zero attached hydrogens (tertiary/aromatic N) is 1. The topological polar surface area (TPSA) is 70.8 Å². The van der Waals surface area contributed by atoms with Gasteiger partial charge in [0.05, 0.1) is 11.8 Å². The third-order valence-electron chi connectivity index (χ3n) is 3.55. The zero-order chi connectivity index (χ0) is 14.1. The van der Waals surface area contributed by atoms with Crippen LogP contribution < -0.4 is 0 Å². The van der Waals surface area contributed by atoms with Gasteiger partial charge in [-0.05, 0) is 23.6 Å². The molecule has 20 heavy (non-hydrogen) atoms. The Kier molecular flexibility index (Phi) is 3.02. The Balaban J connectivity index is 2.01. The van der Waals surface area contributed by atoms with Crippen molar-refractivity contribution in [1.29, 1.82) is 0 Å². The molecule has 0 saturated heterocycles. The van der Waals surface area contributed by atoms with E-state index in [1.54, 1.807) is 18.2 Å². The molecule has 1 aliphatic heterocycles. The second kappa shape index (κ2) is 4.85. The van der Waals surface area contributed by atoms with Crippen LogP contribution in [0.4, 0.5) is 0 Å². The van der Waals surface area contributed by atoms with E-state index in [4.69, 9.17) is 4.42 Å². The molecule has 102 valence electrons.